The Labute approximate surface area is 223 Å². The van der Waals surface area contributed by atoms with Gasteiger partial charge in [0.15, 0.2) is 5.78 Å². The Hall–Kier alpha value is -4.29. The summed E-state index contributed by atoms with van der Waals surface area (Å²) in [5, 5.41) is 0. The fourth-order valence-electron chi connectivity index (χ4n) is 5.36. The van der Waals surface area contributed by atoms with Gasteiger partial charge in [0, 0.05) is 37.5 Å². The van der Waals surface area contributed by atoms with Gasteiger partial charge in [0.1, 0.15) is 12.4 Å². The Morgan fingerprint density at radius 2 is 1.47 bits per heavy atom. The van der Waals surface area contributed by atoms with Gasteiger partial charge in [-0.25, -0.2) is 4.98 Å². The maximum absolute atomic E-state index is 13.2. The molecule has 3 aromatic carbocycles. The van der Waals surface area contributed by atoms with Crippen LogP contribution in [0.4, 0.5) is 0 Å². The average molecular weight is 506 g/mol. The van der Waals surface area contributed by atoms with Gasteiger partial charge in [0.05, 0.1) is 12.1 Å². The lowest BCUT2D eigenvalue weighted by atomic mass is 9.74. The van der Waals surface area contributed by atoms with Gasteiger partial charge in [-0.2, -0.15) is 0 Å². The monoisotopic (exact) mass is 505 g/mol. The molecule has 0 radical (unpaired) electrons. The molecule has 0 atom stereocenters. The van der Waals surface area contributed by atoms with E-state index in [2.05, 4.69) is 82.7 Å². The van der Waals surface area contributed by atoms with Crippen molar-refractivity contribution in [2.75, 3.05) is 19.7 Å². The van der Waals surface area contributed by atoms with Crippen molar-refractivity contribution in [2.45, 2.75) is 25.4 Å². The van der Waals surface area contributed by atoms with Crippen molar-refractivity contribution in [3.63, 3.8) is 0 Å². The van der Waals surface area contributed by atoms with Crippen LogP contribution in [-0.2, 0) is 26.4 Å². The number of hydrogen-bond acceptors (Lipinski definition) is 5. The molecular formula is C32H31N3O3. The fraction of sp³-hybridized carbons (Fsp3) is 0.219. The first-order chi connectivity index (χ1) is 18.6. The Bertz CT molecular complexity index is 1320. The molecule has 6 nitrogen and oxygen atoms in total. The minimum absolute atomic E-state index is 0.0485. The lowest BCUT2D eigenvalue weighted by molar-refractivity contribution is -0.143. The largest absolute Gasteiger partial charge is 0.465 e. The normalized spacial score (nSPS) is 15.5. The van der Waals surface area contributed by atoms with Crippen molar-refractivity contribution in [3.8, 4) is 0 Å². The Balaban J connectivity index is 1.61. The van der Waals surface area contributed by atoms with Gasteiger partial charge >= 0.3 is 5.97 Å². The van der Waals surface area contributed by atoms with Crippen molar-refractivity contribution in [1.29, 1.82) is 0 Å². The lowest BCUT2D eigenvalue weighted by Crippen LogP contribution is -2.52. The van der Waals surface area contributed by atoms with E-state index in [1.165, 1.54) is 0 Å². The molecule has 0 spiro atoms. The number of carbonyl (C=O) groups is 2. The van der Waals surface area contributed by atoms with Crippen molar-refractivity contribution >= 4 is 17.8 Å². The number of Topliss-reactive ketones (excluding diaryl/α,β-unsaturated/α-hetero) is 1. The Morgan fingerprint density at radius 1 is 0.921 bits per heavy atom. The molecule has 1 aromatic heterocycles. The van der Waals surface area contributed by atoms with E-state index in [-0.39, 0.29) is 18.3 Å². The van der Waals surface area contributed by atoms with Gasteiger partial charge in [-0.3, -0.25) is 14.5 Å². The van der Waals surface area contributed by atoms with Crippen LogP contribution in [0.1, 0.15) is 35.9 Å². The number of piperidine rings is 1. The molecule has 0 bridgehead atoms. The van der Waals surface area contributed by atoms with E-state index in [0.29, 0.717) is 37.5 Å². The molecule has 0 aliphatic carbocycles. The van der Waals surface area contributed by atoms with E-state index < -0.39 is 5.54 Å². The number of imidazole rings is 1. The van der Waals surface area contributed by atoms with Gasteiger partial charge in [-0.15, -0.1) is 0 Å². The van der Waals surface area contributed by atoms with Crippen molar-refractivity contribution in [3.05, 3.63) is 131 Å². The van der Waals surface area contributed by atoms with Crippen LogP contribution < -0.4 is 0 Å². The van der Waals surface area contributed by atoms with Crippen LogP contribution in [-0.4, -0.2) is 45.9 Å². The fourth-order valence-corrected chi connectivity index (χ4v) is 5.36. The molecule has 6 heteroatoms. The van der Waals surface area contributed by atoms with Gasteiger partial charge in [-0.05, 0) is 29.7 Å². The zero-order valence-corrected chi connectivity index (χ0v) is 21.5. The van der Waals surface area contributed by atoms with Gasteiger partial charge in [0.25, 0.3) is 0 Å². The second kappa shape index (κ2) is 11.4. The first-order valence-electron chi connectivity index (χ1n) is 12.9. The number of carbonyl (C=O) groups excluding carboxylic acids is 2. The first-order valence-corrected chi connectivity index (χ1v) is 12.9. The van der Waals surface area contributed by atoms with Crippen molar-refractivity contribution in [1.82, 2.24) is 14.5 Å². The summed E-state index contributed by atoms with van der Waals surface area (Å²) in [6.45, 7) is 3.18. The number of aromatic nitrogens is 2. The third kappa shape index (κ3) is 4.95. The van der Waals surface area contributed by atoms with Crippen LogP contribution in [0.3, 0.4) is 0 Å². The zero-order valence-electron chi connectivity index (χ0n) is 21.5. The summed E-state index contributed by atoms with van der Waals surface area (Å²) < 4.78 is 6.82. The standard InChI is InChI=1S/C32H31N3O3/c1-2-38-31(37)24-34-21-19-33-30(34)22-25-23-35(20-18-29(25)36)32(26-12-6-3-7-13-26,27-14-8-4-9-15-27)28-16-10-5-11-17-28/h3-17,19,21-22H,2,18,20,23-24H2,1H3/b25-22-. The first kappa shape index (κ1) is 25.4. The van der Waals surface area contributed by atoms with Crippen LogP contribution in [0, 0.1) is 0 Å². The molecule has 0 saturated carbocycles. The second-order valence-electron chi connectivity index (χ2n) is 9.29. The van der Waals surface area contributed by atoms with E-state index in [1.54, 1.807) is 23.9 Å². The highest BCUT2D eigenvalue weighted by atomic mass is 16.5. The van der Waals surface area contributed by atoms with Gasteiger partial charge in [0.2, 0.25) is 0 Å². The number of ketones is 1. The molecule has 0 amide bonds. The molecular weight excluding hydrogens is 474 g/mol. The molecule has 0 N–H and O–H groups in total. The summed E-state index contributed by atoms with van der Waals surface area (Å²) >= 11 is 0. The Morgan fingerprint density at radius 3 is 2.00 bits per heavy atom. The van der Waals surface area contributed by atoms with Crippen LogP contribution >= 0.6 is 0 Å². The molecule has 2 heterocycles. The number of ether oxygens (including phenoxy) is 1. The van der Waals surface area contributed by atoms with Crippen LogP contribution in [0.15, 0.2) is 109 Å². The summed E-state index contributed by atoms with van der Waals surface area (Å²) in [6, 6.07) is 31.4. The number of hydrogen-bond donors (Lipinski definition) is 0. The van der Waals surface area contributed by atoms with Gasteiger partial charge in [-0.1, -0.05) is 91.0 Å². The quantitative estimate of drug-likeness (QED) is 0.189. The topological polar surface area (TPSA) is 64.4 Å². The smallest absolute Gasteiger partial charge is 0.325 e. The summed E-state index contributed by atoms with van der Waals surface area (Å²) in [6.07, 6.45) is 5.58. The summed E-state index contributed by atoms with van der Waals surface area (Å²) in [7, 11) is 0. The van der Waals surface area contributed by atoms with Crippen LogP contribution in [0.5, 0.6) is 0 Å². The lowest BCUT2D eigenvalue weighted by Gasteiger charge is -2.47. The van der Waals surface area contributed by atoms with Crippen LogP contribution in [0.2, 0.25) is 0 Å². The molecule has 0 unspecified atom stereocenters. The highest BCUT2D eigenvalue weighted by Crippen LogP contribution is 2.43. The third-order valence-corrected chi connectivity index (χ3v) is 7.03. The molecule has 1 aliphatic heterocycles. The maximum Gasteiger partial charge on any atom is 0.325 e. The van der Waals surface area contributed by atoms with E-state index >= 15 is 0 Å². The number of esters is 1. The summed E-state index contributed by atoms with van der Waals surface area (Å²) in [5.41, 5.74) is 3.46. The molecule has 1 fully saturated rings. The minimum atomic E-state index is -0.607. The predicted octanol–water partition coefficient (Wildman–Crippen LogP) is 5.10. The molecule has 1 aliphatic rings. The van der Waals surface area contributed by atoms with Gasteiger partial charge < -0.3 is 9.30 Å². The third-order valence-electron chi connectivity index (χ3n) is 7.03. The predicted molar refractivity (Wildman–Crippen MR) is 147 cm³/mol. The maximum atomic E-state index is 13.2. The van der Waals surface area contributed by atoms with E-state index in [0.717, 1.165) is 16.7 Å². The SMILES string of the molecule is CCOC(=O)Cn1ccnc1/C=C1/CN(C(c2ccccc2)(c2ccccc2)c2ccccc2)CCC1=O. The molecule has 192 valence electrons. The second-order valence-corrected chi connectivity index (χ2v) is 9.29. The van der Waals surface area contributed by atoms with Crippen molar-refractivity contribution in [2.24, 2.45) is 0 Å². The highest BCUT2D eigenvalue weighted by molar-refractivity contribution is 6.00. The molecule has 38 heavy (non-hydrogen) atoms. The number of benzene rings is 3. The Kier molecular flexibility index (Phi) is 7.61. The van der Waals surface area contributed by atoms with E-state index in [9.17, 15) is 9.59 Å². The van der Waals surface area contributed by atoms with E-state index in [4.69, 9.17) is 4.74 Å². The van der Waals surface area contributed by atoms with Crippen molar-refractivity contribution < 1.29 is 14.3 Å². The van der Waals surface area contributed by atoms with Crippen LogP contribution in [0.25, 0.3) is 6.08 Å². The zero-order chi connectivity index (χ0) is 26.4. The number of rotatable bonds is 8. The molecule has 1 saturated heterocycles. The summed E-state index contributed by atoms with van der Waals surface area (Å²) in [5.74, 6) is 0.320. The highest BCUT2D eigenvalue weighted by Gasteiger charge is 2.44. The minimum Gasteiger partial charge on any atom is -0.465 e. The van der Waals surface area contributed by atoms with E-state index in [1.807, 2.05) is 24.3 Å². The number of likely N-dealkylation sites (tertiary alicyclic amines) is 1. The number of nitrogens with zero attached hydrogens (tertiary/aromatic N) is 3. The average Bonchev–Trinajstić information content (AvgIpc) is 3.39. The summed E-state index contributed by atoms with van der Waals surface area (Å²) in [4.78, 5) is 32.1. The molecule has 4 aromatic rings. The molecule has 5 rings (SSSR count).